The molecule has 0 saturated carbocycles. The van der Waals surface area contributed by atoms with Gasteiger partial charge < -0.3 is 19.8 Å². The lowest BCUT2D eigenvalue weighted by Gasteiger charge is -2.38. The SMILES string of the molecule is CCCCCCCCCCC/C=C/CCCCCCC[N+](CCC(=O)O)(CCC(=O)O)CCC(=O)O. The number of quaternary nitrogens is 1. The van der Waals surface area contributed by atoms with Crippen LogP contribution in [0, 0.1) is 0 Å². The Labute approximate surface area is 219 Å². The number of unbranched alkanes of at least 4 members (excludes halogenated alkanes) is 14. The van der Waals surface area contributed by atoms with Crippen LogP contribution in [-0.4, -0.2) is 63.9 Å². The summed E-state index contributed by atoms with van der Waals surface area (Å²) in [6, 6.07) is 0. The first-order valence-electron chi connectivity index (χ1n) is 14.5. The predicted octanol–water partition coefficient (Wildman–Crippen LogP) is 7.05. The molecule has 0 fully saturated rings. The lowest BCUT2D eigenvalue weighted by atomic mass is 10.1. The third kappa shape index (κ3) is 22.6. The van der Waals surface area contributed by atoms with Gasteiger partial charge in [0.05, 0.1) is 45.4 Å². The highest BCUT2D eigenvalue weighted by molar-refractivity contribution is 5.67. The van der Waals surface area contributed by atoms with Crippen LogP contribution in [0.15, 0.2) is 12.2 Å². The Morgan fingerprint density at radius 3 is 1.19 bits per heavy atom. The van der Waals surface area contributed by atoms with Gasteiger partial charge in [0.15, 0.2) is 0 Å². The zero-order chi connectivity index (χ0) is 26.9. The Morgan fingerprint density at radius 1 is 0.500 bits per heavy atom. The van der Waals surface area contributed by atoms with Crippen LogP contribution in [0.5, 0.6) is 0 Å². The number of allylic oxidation sites excluding steroid dienone is 2. The fourth-order valence-corrected chi connectivity index (χ4v) is 4.72. The number of carboxylic acid groups (broad SMARTS) is 3. The Hall–Kier alpha value is -1.89. The van der Waals surface area contributed by atoms with E-state index < -0.39 is 17.9 Å². The molecule has 0 spiro atoms. The molecule has 0 aliphatic rings. The van der Waals surface area contributed by atoms with Gasteiger partial charge in [0.25, 0.3) is 0 Å². The van der Waals surface area contributed by atoms with Crippen LogP contribution in [0.3, 0.4) is 0 Å². The number of rotatable bonds is 27. The van der Waals surface area contributed by atoms with Crippen molar-refractivity contribution in [2.45, 2.75) is 129 Å². The molecule has 0 atom stereocenters. The highest BCUT2D eigenvalue weighted by Crippen LogP contribution is 2.17. The molecule has 0 bridgehead atoms. The fraction of sp³-hybridized carbons (Fsp3) is 0.828. The summed E-state index contributed by atoms with van der Waals surface area (Å²) >= 11 is 0. The average molecular weight is 513 g/mol. The largest absolute Gasteiger partial charge is 0.481 e. The second-order valence-electron chi connectivity index (χ2n) is 10.3. The van der Waals surface area contributed by atoms with Gasteiger partial charge in [-0.25, -0.2) is 0 Å². The number of carbonyl (C=O) groups is 3. The van der Waals surface area contributed by atoms with Gasteiger partial charge in [-0.2, -0.15) is 0 Å². The first-order chi connectivity index (χ1) is 17.3. The maximum absolute atomic E-state index is 11.1. The van der Waals surface area contributed by atoms with Crippen LogP contribution in [0.2, 0.25) is 0 Å². The third-order valence-corrected chi connectivity index (χ3v) is 7.04. The average Bonchev–Trinajstić information content (AvgIpc) is 2.83. The zero-order valence-corrected chi connectivity index (χ0v) is 22.9. The van der Waals surface area contributed by atoms with Crippen molar-refractivity contribution in [2.24, 2.45) is 0 Å². The van der Waals surface area contributed by atoms with Crippen molar-refractivity contribution in [3.63, 3.8) is 0 Å². The standard InChI is InChI=1S/C29H53NO6/c1-2-3-4-5-6-7-8-9-10-11-12-13-14-15-16-17-18-19-23-30(24-20-27(31)32,25-21-28(33)34)26-22-29(35)36/h12-13H,2-11,14-26H2,1H3,(H2-,31,32,33,34,35,36)/p+1/b13-12+. The van der Waals surface area contributed by atoms with Crippen molar-refractivity contribution in [3.05, 3.63) is 12.2 Å². The minimum absolute atomic E-state index is 0.0787. The summed E-state index contributed by atoms with van der Waals surface area (Å²) in [6.07, 6.45) is 24.1. The lowest BCUT2D eigenvalue weighted by molar-refractivity contribution is -0.927. The minimum Gasteiger partial charge on any atom is -0.481 e. The Kier molecular flexibility index (Phi) is 22.3. The van der Waals surface area contributed by atoms with Gasteiger partial charge in [0.1, 0.15) is 0 Å². The van der Waals surface area contributed by atoms with Gasteiger partial charge in [-0.3, -0.25) is 14.4 Å². The highest BCUT2D eigenvalue weighted by atomic mass is 16.4. The van der Waals surface area contributed by atoms with Crippen LogP contribution in [0.1, 0.15) is 129 Å². The van der Waals surface area contributed by atoms with Crippen LogP contribution in [0.4, 0.5) is 0 Å². The van der Waals surface area contributed by atoms with Gasteiger partial charge in [0, 0.05) is 0 Å². The van der Waals surface area contributed by atoms with Gasteiger partial charge in [0.2, 0.25) is 0 Å². The molecule has 0 aromatic heterocycles. The van der Waals surface area contributed by atoms with Gasteiger partial charge in [-0.1, -0.05) is 83.3 Å². The second kappa shape index (κ2) is 23.5. The van der Waals surface area contributed by atoms with E-state index in [1.807, 2.05) is 0 Å². The monoisotopic (exact) mass is 512 g/mol. The molecule has 0 unspecified atom stereocenters. The normalized spacial score (nSPS) is 11.8. The van der Waals surface area contributed by atoms with Crippen molar-refractivity contribution in [1.82, 2.24) is 0 Å². The van der Waals surface area contributed by atoms with E-state index in [9.17, 15) is 14.4 Å². The molecule has 7 heteroatoms. The first kappa shape index (κ1) is 34.1. The molecule has 3 N–H and O–H groups in total. The Bertz CT molecular complexity index is 559. The molecular formula is C29H54NO6+. The molecule has 0 saturated heterocycles. The summed E-state index contributed by atoms with van der Waals surface area (Å²) in [5, 5.41) is 27.3. The summed E-state index contributed by atoms with van der Waals surface area (Å²) < 4.78 is 0.256. The van der Waals surface area contributed by atoms with E-state index >= 15 is 0 Å². The van der Waals surface area contributed by atoms with Crippen molar-refractivity contribution in [2.75, 3.05) is 26.2 Å². The number of aliphatic carboxylic acids is 3. The predicted molar refractivity (Wildman–Crippen MR) is 145 cm³/mol. The summed E-state index contributed by atoms with van der Waals surface area (Å²) in [5.74, 6) is -2.81. The smallest absolute Gasteiger partial charge is 0.309 e. The second-order valence-corrected chi connectivity index (χ2v) is 10.3. The van der Waals surface area contributed by atoms with Crippen molar-refractivity contribution in [1.29, 1.82) is 0 Å². The maximum atomic E-state index is 11.1. The summed E-state index contributed by atoms with van der Waals surface area (Å²) in [7, 11) is 0. The molecular weight excluding hydrogens is 458 g/mol. The van der Waals surface area contributed by atoms with E-state index in [2.05, 4.69) is 19.1 Å². The minimum atomic E-state index is -0.936. The van der Waals surface area contributed by atoms with Crippen LogP contribution in [0.25, 0.3) is 0 Å². The van der Waals surface area contributed by atoms with Crippen LogP contribution >= 0.6 is 0 Å². The summed E-state index contributed by atoms with van der Waals surface area (Å²) in [5.41, 5.74) is 0. The molecule has 0 aliphatic carbocycles. The van der Waals surface area contributed by atoms with Crippen molar-refractivity contribution >= 4 is 17.9 Å². The fourth-order valence-electron chi connectivity index (χ4n) is 4.72. The number of hydrogen-bond donors (Lipinski definition) is 3. The molecule has 36 heavy (non-hydrogen) atoms. The Balaban J connectivity index is 4.03. The van der Waals surface area contributed by atoms with E-state index in [1.54, 1.807) is 0 Å². The maximum Gasteiger partial charge on any atom is 0.309 e. The molecule has 210 valence electrons. The highest BCUT2D eigenvalue weighted by Gasteiger charge is 2.29. The lowest BCUT2D eigenvalue weighted by Crippen LogP contribution is -2.52. The van der Waals surface area contributed by atoms with Gasteiger partial charge in [-0.15, -0.1) is 0 Å². The summed E-state index contributed by atoms with van der Waals surface area (Å²) in [4.78, 5) is 33.3. The summed E-state index contributed by atoms with van der Waals surface area (Å²) in [6.45, 7) is 3.72. The third-order valence-electron chi connectivity index (χ3n) is 7.04. The molecule has 0 aromatic rings. The van der Waals surface area contributed by atoms with E-state index in [0.717, 1.165) is 38.5 Å². The van der Waals surface area contributed by atoms with Crippen LogP contribution in [-0.2, 0) is 14.4 Å². The van der Waals surface area contributed by atoms with Gasteiger partial charge in [-0.05, 0) is 38.5 Å². The molecule has 0 amide bonds. The first-order valence-corrected chi connectivity index (χ1v) is 14.5. The van der Waals surface area contributed by atoms with Crippen LogP contribution < -0.4 is 0 Å². The molecule has 0 aromatic carbocycles. The quantitative estimate of drug-likeness (QED) is 0.0618. The molecule has 0 heterocycles. The topological polar surface area (TPSA) is 112 Å². The van der Waals surface area contributed by atoms with Crippen molar-refractivity contribution < 1.29 is 34.2 Å². The molecule has 0 rings (SSSR count). The number of nitrogens with zero attached hydrogens (tertiary/aromatic N) is 1. The van der Waals surface area contributed by atoms with E-state index in [0.29, 0.717) is 6.54 Å². The molecule has 0 radical (unpaired) electrons. The number of hydrogen-bond acceptors (Lipinski definition) is 3. The molecule has 7 nitrogen and oxygen atoms in total. The van der Waals surface area contributed by atoms with E-state index in [1.165, 1.54) is 64.2 Å². The van der Waals surface area contributed by atoms with E-state index in [4.69, 9.17) is 15.3 Å². The van der Waals surface area contributed by atoms with Crippen molar-refractivity contribution in [3.8, 4) is 0 Å². The zero-order valence-electron chi connectivity index (χ0n) is 22.9. The number of carboxylic acids is 3. The van der Waals surface area contributed by atoms with E-state index in [-0.39, 0.29) is 43.4 Å². The molecule has 0 aliphatic heterocycles. The Morgan fingerprint density at radius 2 is 0.833 bits per heavy atom. The van der Waals surface area contributed by atoms with Gasteiger partial charge >= 0.3 is 17.9 Å².